The minimum absolute atomic E-state index is 0.103. The van der Waals surface area contributed by atoms with Crippen molar-refractivity contribution in [2.24, 2.45) is 0 Å². The fourth-order valence-corrected chi connectivity index (χ4v) is 4.28. The lowest BCUT2D eigenvalue weighted by Crippen LogP contribution is -2.82. The smallest absolute Gasteiger partial charge is 0.352 e. The first-order valence-electron chi connectivity index (χ1n) is 8.71. The van der Waals surface area contributed by atoms with Gasteiger partial charge in [-0.3, -0.25) is 19.3 Å². The summed E-state index contributed by atoms with van der Waals surface area (Å²) in [5.41, 5.74) is -1.38. The Kier molecular flexibility index (Phi) is 7.26. The Morgan fingerprint density at radius 2 is 2.26 bits per heavy atom. The second-order valence-corrected chi connectivity index (χ2v) is 7.94. The third-order valence-electron chi connectivity index (χ3n) is 4.43. The number of carbonyl (C=O) groups excluding carboxylic acids is 3. The van der Waals surface area contributed by atoms with Crippen LogP contribution in [0, 0.1) is 0 Å². The summed E-state index contributed by atoms with van der Waals surface area (Å²) in [4.78, 5) is 48.1. The van der Waals surface area contributed by atoms with E-state index in [0.717, 1.165) is 16.7 Å². The molecule has 2 amide bonds. The first kappa shape index (κ1) is 23.1. The van der Waals surface area contributed by atoms with Gasteiger partial charge in [0.2, 0.25) is 11.1 Å². The second-order valence-electron chi connectivity index (χ2n) is 6.19. The van der Waals surface area contributed by atoms with Crippen LogP contribution in [0.4, 0.5) is 0 Å². The molecule has 3 rings (SSSR count). The zero-order valence-electron chi connectivity index (χ0n) is 16.1. The van der Waals surface area contributed by atoms with Crippen molar-refractivity contribution in [2.45, 2.75) is 23.7 Å². The Balaban J connectivity index is 1.79. The summed E-state index contributed by atoms with van der Waals surface area (Å²) in [6.45, 7) is -0.151. The number of methoxy groups -OCH3 is 1. The molecule has 3 N–H and O–H groups in total. The maximum Gasteiger partial charge on any atom is 0.352 e. The number of rotatable bonds is 11. The van der Waals surface area contributed by atoms with Gasteiger partial charge >= 0.3 is 5.97 Å². The van der Waals surface area contributed by atoms with Gasteiger partial charge in [-0.25, -0.2) is 9.48 Å². The normalized spacial score (nSPS) is 22.7. The summed E-state index contributed by atoms with van der Waals surface area (Å²) in [5.74, 6) is -2.94. The van der Waals surface area contributed by atoms with Gasteiger partial charge < -0.3 is 25.0 Å². The van der Waals surface area contributed by atoms with E-state index in [4.69, 9.17) is 14.6 Å². The number of aliphatic hydroxyl groups excluding tert-OH is 1. The van der Waals surface area contributed by atoms with Gasteiger partial charge in [0.25, 0.3) is 11.6 Å². The van der Waals surface area contributed by atoms with Crippen LogP contribution in [-0.4, -0.2) is 103 Å². The number of carboxylic acid groups (broad SMARTS) is 1. The van der Waals surface area contributed by atoms with Crippen LogP contribution in [-0.2, 0) is 35.2 Å². The number of fused-ring (bicyclic) bond motifs is 1. The van der Waals surface area contributed by atoms with Crippen LogP contribution >= 0.6 is 23.5 Å². The number of hydrogen-bond donors (Lipinski definition) is 3. The molecule has 2 aliphatic heterocycles. The Morgan fingerprint density at radius 1 is 1.48 bits per heavy atom. The summed E-state index contributed by atoms with van der Waals surface area (Å²) in [6.07, 6.45) is -1.19. The molecule has 0 unspecified atom stereocenters. The van der Waals surface area contributed by atoms with Crippen LogP contribution in [0.5, 0.6) is 0 Å². The predicted octanol–water partition coefficient (Wildman–Crippen LogP) is -2.32. The minimum Gasteiger partial charge on any atom is -0.477 e. The number of β-lactam (4-membered cyclic amide) rings is 1. The van der Waals surface area contributed by atoms with E-state index in [0.29, 0.717) is 28.1 Å². The predicted molar refractivity (Wildman–Crippen MR) is 104 cm³/mol. The number of thioether (sulfide) groups is 2. The maximum atomic E-state index is 12.9. The summed E-state index contributed by atoms with van der Waals surface area (Å²) in [7, 11) is 1.18. The average Bonchev–Trinajstić information content (AvgIpc) is 3.20. The first-order valence-corrected chi connectivity index (χ1v) is 10.7. The van der Waals surface area contributed by atoms with Crippen molar-refractivity contribution in [3.05, 3.63) is 11.3 Å². The van der Waals surface area contributed by atoms with Gasteiger partial charge in [-0.15, -0.1) is 5.10 Å². The zero-order valence-corrected chi connectivity index (χ0v) is 17.7. The molecule has 0 saturated carbocycles. The lowest BCUT2D eigenvalue weighted by molar-refractivity contribution is -0.257. The number of tetrazole rings is 1. The fraction of sp³-hybridized carbons (Fsp3) is 0.533. The highest BCUT2D eigenvalue weighted by atomic mass is 32.2. The highest BCUT2D eigenvalue weighted by Crippen LogP contribution is 2.41. The fourth-order valence-electron chi connectivity index (χ4n) is 3.09. The van der Waals surface area contributed by atoms with Gasteiger partial charge in [-0.05, 0) is 16.0 Å². The van der Waals surface area contributed by atoms with Crippen molar-refractivity contribution in [1.82, 2.24) is 30.4 Å². The number of carboxylic acids is 1. The van der Waals surface area contributed by atoms with E-state index in [-0.39, 0.29) is 37.0 Å². The van der Waals surface area contributed by atoms with Gasteiger partial charge in [0.1, 0.15) is 5.70 Å². The lowest BCUT2D eigenvalue weighted by atomic mass is 9.94. The standard InChI is InChI=1S/C15H18N6O8S2/c1-28-15(16-9(24)6-30-7-23)12(27)21-10(11(25)26)8(4-29-13(15)21)5-31-14-17-18-19-20(14)2-3-22/h7,13,22H,2-6H2,1H3,(H,16,24)(H,25,26)/t13-,15+/m1/s1. The molecule has 0 spiro atoms. The van der Waals surface area contributed by atoms with Gasteiger partial charge in [0, 0.05) is 12.9 Å². The SMILES string of the molecule is CO[C@@]1(NC(=O)CSC=O)C(=O)N2C(C(=O)O)=C(CSc3nnnn3CCO)CO[C@@H]21. The molecule has 1 aromatic rings. The molecule has 16 heteroatoms. The van der Waals surface area contributed by atoms with E-state index < -0.39 is 29.7 Å². The second kappa shape index (κ2) is 9.73. The van der Waals surface area contributed by atoms with Gasteiger partial charge in [0.05, 0.1) is 25.5 Å². The summed E-state index contributed by atoms with van der Waals surface area (Å²) >= 11 is 1.81. The van der Waals surface area contributed by atoms with Crippen LogP contribution in [0.15, 0.2) is 16.4 Å². The highest BCUT2D eigenvalue weighted by Gasteiger charge is 2.67. The number of nitrogens with zero attached hydrogens (tertiary/aromatic N) is 5. The molecule has 3 heterocycles. The molecule has 0 aliphatic carbocycles. The van der Waals surface area contributed by atoms with Crippen molar-refractivity contribution >= 4 is 46.9 Å². The Labute approximate surface area is 183 Å². The van der Waals surface area contributed by atoms with Gasteiger partial charge in [0.15, 0.2) is 11.8 Å². The number of aliphatic carboxylic acids is 1. The number of carbonyl (C=O) groups is 4. The van der Waals surface area contributed by atoms with Crippen molar-refractivity contribution in [1.29, 1.82) is 0 Å². The zero-order chi connectivity index (χ0) is 22.6. The molecule has 1 fully saturated rings. The van der Waals surface area contributed by atoms with E-state index in [2.05, 4.69) is 20.8 Å². The van der Waals surface area contributed by atoms with Crippen molar-refractivity contribution < 1.29 is 38.9 Å². The molecular formula is C15H18N6O8S2. The summed E-state index contributed by atoms with van der Waals surface area (Å²) < 4.78 is 12.2. The molecule has 0 radical (unpaired) electrons. The van der Waals surface area contributed by atoms with E-state index >= 15 is 0 Å². The topological polar surface area (TPSA) is 186 Å². The van der Waals surface area contributed by atoms with Crippen LogP contribution < -0.4 is 5.32 Å². The van der Waals surface area contributed by atoms with Crippen molar-refractivity contribution in [3.8, 4) is 0 Å². The van der Waals surface area contributed by atoms with Crippen LogP contribution in [0.2, 0.25) is 0 Å². The average molecular weight is 474 g/mol. The molecule has 1 aromatic heterocycles. The van der Waals surface area contributed by atoms with Crippen LogP contribution in [0.1, 0.15) is 0 Å². The number of aliphatic hydroxyl groups is 1. The van der Waals surface area contributed by atoms with E-state index in [1.807, 2.05) is 0 Å². The Hall–Kier alpha value is -2.53. The summed E-state index contributed by atoms with van der Waals surface area (Å²) in [5, 5.41) is 32.5. The molecule has 0 aromatic carbocycles. The van der Waals surface area contributed by atoms with Crippen LogP contribution in [0.25, 0.3) is 0 Å². The Morgan fingerprint density at radius 3 is 2.90 bits per heavy atom. The number of nitrogens with one attached hydrogen (secondary N) is 1. The van der Waals surface area contributed by atoms with Crippen LogP contribution in [0.3, 0.4) is 0 Å². The Bertz CT molecular complexity index is 923. The first-order chi connectivity index (χ1) is 14.9. The third-order valence-corrected chi connectivity index (χ3v) is 6.04. The van der Waals surface area contributed by atoms with E-state index in [1.165, 1.54) is 11.8 Å². The number of hydrogen-bond acceptors (Lipinski definition) is 12. The number of aromatic nitrogens is 4. The van der Waals surface area contributed by atoms with Gasteiger partial charge in [-0.1, -0.05) is 23.5 Å². The number of ether oxygens (including phenoxy) is 2. The molecule has 2 aliphatic rings. The van der Waals surface area contributed by atoms with Crippen molar-refractivity contribution in [2.75, 3.05) is 31.8 Å². The van der Waals surface area contributed by atoms with E-state index in [1.54, 1.807) is 0 Å². The maximum absolute atomic E-state index is 12.9. The largest absolute Gasteiger partial charge is 0.477 e. The molecule has 14 nitrogen and oxygen atoms in total. The molecule has 2 atom stereocenters. The number of amides is 2. The van der Waals surface area contributed by atoms with E-state index in [9.17, 15) is 24.3 Å². The molecule has 168 valence electrons. The molecule has 1 saturated heterocycles. The monoisotopic (exact) mass is 474 g/mol. The van der Waals surface area contributed by atoms with Gasteiger partial charge in [-0.2, -0.15) is 0 Å². The quantitative estimate of drug-likeness (QED) is 0.134. The highest BCUT2D eigenvalue weighted by molar-refractivity contribution is 8.12. The summed E-state index contributed by atoms with van der Waals surface area (Å²) in [6, 6.07) is 0. The minimum atomic E-state index is -1.88. The third kappa shape index (κ3) is 4.29. The molecule has 0 bridgehead atoms. The molecule has 31 heavy (non-hydrogen) atoms. The van der Waals surface area contributed by atoms with Crippen molar-refractivity contribution in [3.63, 3.8) is 0 Å². The lowest BCUT2D eigenvalue weighted by Gasteiger charge is -2.55. The molecular weight excluding hydrogens is 456 g/mol.